The molecule has 1 aromatic rings. The molecule has 0 amide bonds. The highest BCUT2D eigenvalue weighted by atomic mass is 19.1. The molecular weight excluding hydrogens is 196 g/mol. The maximum atomic E-state index is 13.2. The van der Waals surface area contributed by atoms with Crippen LogP contribution in [0.3, 0.4) is 0 Å². The number of halogens is 2. The Labute approximate surface area is 77.9 Å². The lowest BCUT2D eigenvalue weighted by Crippen LogP contribution is -2.04. The zero-order chi connectivity index (χ0) is 10.7. The molecular formula is C8H7F2NO3. The fraction of sp³-hybridized carbons (Fsp3) is 0.250. The van der Waals surface area contributed by atoms with Crippen LogP contribution in [0.4, 0.5) is 14.5 Å². The maximum absolute atomic E-state index is 13.2. The van der Waals surface area contributed by atoms with Crippen LogP contribution in [0.25, 0.3) is 0 Å². The van der Waals surface area contributed by atoms with Crippen molar-refractivity contribution in [2.24, 2.45) is 0 Å². The van der Waals surface area contributed by atoms with Gasteiger partial charge in [-0.1, -0.05) is 12.1 Å². The number of hydrogen-bond acceptors (Lipinski definition) is 3. The third-order valence-electron chi connectivity index (χ3n) is 1.71. The summed E-state index contributed by atoms with van der Waals surface area (Å²) >= 11 is 0. The molecule has 1 atom stereocenters. The predicted octanol–water partition coefficient (Wildman–Crippen LogP) is 1.74. The fourth-order valence-electron chi connectivity index (χ4n) is 1.02. The molecule has 4 nitrogen and oxygen atoms in total. The van der Waals surface area contributed by atoms with Crippen molar-refractivity contribution in [1.29, 1.82) is 0 Å². The smallest absolute Gasteiger partial charge is 0.305 e. The van der Waals surface area contributed by atoms with Gasteiger partial charge in [0.05, 0.1) is 4.92 Å². The quantitative estimate of drug-likeness (QED) is 0.601. The summed E-state index contributed by atoms with van der Waals surface area (Å²) in [4.78, 5) is 9.35. The average Bonchev–Trinajstić information content (AvgIpc) is 2.16. The molecule has 0 aliphatic rings. The topological polar surface area (TPSA) is 63.4 Å². The summed E-state index contributed by atoms with van der Waals surface area (Å²) in [6.45, 7) is -1.18. The molecule has 0 heterocycles. The van der Waals surface area contributed by atoms with Gasteiger partial charge in [-0.25, -0.2) is 4.39 Å². The Hall–Kier alpha value is -1.56. The van der Waals surface area contributed by atoms with E-state index in [0.717, 1.165) is 12.1 Å². The van der Waals surface area contributed by atoms with Crippen LogP contribution in [0, 0.1) is 15.9 Å². The molecule has 76 valence electrons. The normalized spacial score (nSPS) is 12.5. The summed E-state index contributed by atoms with van der Waals surface area (Å²) in [7, 11) is 0. The van der Waals surface area contributed by atoms with E-state index in [-0.39, 0.29) is 0 Å². The molecule has 0 fully saturated rings. The molecule has 0 saturated heterocycles. The van der Waals surface area contributed by atoms with Crippen molar-refractivity contribution in [3.8, 4) is 0 Å². The van der Waals surface area contributed by atoms with Crippen molar-refractivity contribution in [2.75, 3.05) is 6.67 Å². The molecule has 0 aromatic heterocycles. The number of benzene rings is 1. The van der Waals surface area contributed by atoms with E-state index in [9.17, 15) is 18.9 Å². The summed E-state index contributed by atoms with van der Waals surface area (Å²) in [6.07, 6.45) is -1.66. The minimum atomic E-state index is -1.66. The molecule has 0 bridgehead atoms. The predicted molar refractivity (Wildman–Crippen MR) is 44.0 cm³/mol. The molecule has 0 saturated carbocycles. The van der Waals surface area contributed by atoms with E-state index < -0.39 is 34.8 Å². The van der Waals surface area contributed by atoms with E-state index in [1.165, 1.54) is 6.07 Å². The Bertz CT molecular complexity index is 356. The molecule has 6 heteroatoms. The van der Waals surface area contributed by atoms with Crippen LogP contribution in [0.15, 0.2) is 18.2 Å². The van der Waals surface area contributed by atoms with Crippen LogP contribution in [0.1, 0.15) is 11.7 Å². The van der Waals surface area contributed by atoms with Crippen LogP contribution in [0.2, 0.25) is 0 Å². The van der Waals surface area contributed by atoms with Gasteiger partial charge in [0.2, 0.25) is 5.82 Å². The number of aliphatic hydroxyl groups excluding tert-OH is 1. The summed E-state index contributed by atoms with van der Waals surface area (Å²) < 4.78 is 25.2. The monoisotopic (exact) mass is 203 g/mol. The fourth-order valence-corrected chi connectivity index (χ4v) is 1.02. The summed E-state index contributed by atoms with van der Waals surface area (Å²) in [5, 5.41) is 19.3. The van der Waals surface area contributed by atoms with Crippen molar-refractivity contribution in [3.63, 3.8) is 0 Å². The van der Waals surface area contributed by atoms with Gasteiger partial charge in [0.15, 0.2) is 0 Å². The van der Waals surface area contributed by atoms with Gasteiger partial charge < -0.3 is 5.11 Å². The van der Waals surface area contributed by atoms with Crippen LogP contribution < -0.4 is 0 Å². The second-order valence-corrected chi connectivity index (χ2v) is 2.61. The van der Waals surface area contributed by atoms with Gasteiger partial charge >= 0.3 is 5.69 Å². The first-order valence-corrected chi connectivity index (χ1v) is 3.74. The highest BCUT2D eigenvalue weighted by molar-refractivity contribution is 5.37. The van der Waals surface area contributed by atoms with Crippen molar-refractivity contribution in [1.82, 2.24) is 0 Å². The van der Waals surface area contributed by atoms with Crippen LogP contribution in [-0.2, 0) is 0 Å². The van der Waals surface area contributed by atoms with Gasteiger partial charge in [-0.05, 0) is 0 Å². The standard InChI is InChI=1S/C8H7F2NO3/c9-4-7(12)5-2-1-3-6(8(5)10)11(13)14/h1-3,7,12H,4H2. The van der Waals surface area contributed by atoms with Crippen LogP contribution in [0.5, 0.6) is 0 Å². The second-order valence-electron chi connectivity index (χ2n) is 2.61. The minimum Gasteiger partial charge on any atom is -0.386 e. The Morgan fingerprint density at radius 3 is 2.71 bits per heavy atom. The molecule has 1 N–H and O–H groups in total. The Kier molecular flexibility index (Phi) is 3.08. The lowest BCUT2D eigenvalue weighted by Gasteiger charge is -2.06. The number of hydrogen-bond donors (Lipinski definition) is 1. The van der Waals surface area contributed by atoms with Crippen LogP contribution >= 0.6 is 0 Å². The number of aliphatic hydroxyl groups is 1. The molecule has 1 aromatic carbocycles. The largest absolute Gasteiger partial charge is 0.386 e. The lowest BCUT2D eigenvalue weighted by atomic mass is 10.1. The van der Waals surface area contributed by atoms with Gasteiger partial charge in [0, 0.05) is 11.6 Å². The number of nitro benzene ring substituents is 1. The van der Waals surface area contributed by atoms with Crippen molar-refractivity contribution >= 4 is 5.69 Å². The van der Waals surface area contributed by atoms with E-state index in [4.69, 9.17) is 5.11 Å². The maximum Gasteiger partial charge on any atom is 0.305 e. The zero-order valence-electron chi connectivity index (χ0n) is 6.98. The van der Waals surface area contributed by atoms with Crippen molar-refractivity contribution < 1.29 is 18.8 Å². The SMILES string of the molecule is O=[N+]([O-])c1cccc(C(O)CF)c1F. The lowest BCUT2D eigenvalue weighted by molar-refractivity contribution is -0.387. The first-order chi connectivity index (χ1) is 6.57. The van der Waals surface area contributed by atoms with E-state index in [2.05, 4.69) is 0 Å². The molecule has 0 aliphatic carbocycles. The zero-order valence-corrected chi connectivity index (χ0v) is 6.98. The van der Waals surface area contributed by atoms with Crippen LogP contribution in [-0.4, -0.2) is 16.7 Å². The first kappa shape index (κ1) is 10.5. The molecule has 0 radical (unpaired) electrons. The molecule has 0 aliphatic heterocycles. The Morgan fingerprint density at radius 1 is 1.57 bits per heavy atom. The second kappa shape index (κ2) is 4.10. The van der Waals surface area contributed by atoms with E-state index in [1.807, 2.05) is 0 Å². The number of nitro groups is 1. The summed E-state index contributed by atoms with van der Waals surface area (Å²) in [6, 6.07) is 3.24. The van der Waals surface area contributed by atoms with Gasteiger partial charge in [-0.15, -0.1) is 0 Å². The number of alkyl halides is 1. The average molecular weight is 203 g/mol. The van der Waals surface area contributed by atoms with Gasteiger partial charge in [-0.2, -0.15) is 4.39 Å². The molecule has 1 rings (SSSR count). The summed E-state index contributed by atoms with van der Waals surface area (Å²) in [5.74, 6) is -1.19. The minimum absolute atomic E-state index is 0.401. The number of rotatable bonds is 3. The molecule has 14 heavy (non-hydrogen) atoms. The van der Waals surface area contributed by atoms with E-state index in [0.29, 0.717) is 0 Å². The first-order valence-electron chi connectivity index (χ1n) is 3.74. The third-order valence-corrected chi connectivity index (χ3v) is 1.71. The molecule has 1 unspecified atom stereocenters. The number of nitrogens with zero attached hydrogens (tertiary/aromatic N) is 1. The van der Waals surface area contributed by atoms with E-state index >= 15 is 0 Å². The highest BCUT2D eigenvalue weighted by Crippen LogP contribution is 2.24. The third kappa shape index (κ3) is 1.85. The van der Waals surface area contributed by atoms with Crippen molar-refractivity contribution in [3.05, 3.63) is 39.7 Å². The van der Waals surface area contributed by atoms with E-state index in [1.54, 1.807) is 0 Å². The van der Waals surface area contributed by atoms with Gasteiger partial charge in [0.1, 0.15) is 12.8 Å². The Balaban J connectivity index is 3.20. The summed E-state index contributed by atoms with van der Waals surface area (Å²) in [5.41, 5.74) is -1.17. The highest BCUT2D eigenvalue weighted by Gasteiger charge is 2.21. The molecule has 0 spiro atoms. The van der Waals surface area contributed by atoms with Gasteiger partial charge in [-0.3, -0.25) is 10.1 Å². The van der Waals surface area contributed by atoms with Crippen molar-refractivity contribution in [2.45, 2.75) is 6.10 Å². The van der Waals surface area contributed by atoms with Gasteiger partial charge in [0.25, 0.3) is 0 Å². The Morgan fingerprint density at radius 2 is 2.21 bits per heavy atom.